The summed E-state index contributed by atoms with van der Waals surface area (Å²) in [6.07, 6.45) is 0. The van der Waals surface area contributed by atoms with E-state index in [4.69, 9.17) is 69.6 Å². The molecule has 0 unspecified atom stereocenters. The number of halogens is 9. The lowest BCUT2D eigenvalue weighted by Gasteiger charge is -2.31. The molecule has 0 amide bonds. The summed E-state index contributed by atoms with van der Waals surface area (Å²) in [6.45, 7) is 2.18. The van der Waals surface area contributed by atoms with Gasteiger partial charge in [0, 0.05) is 13.4 Å². The Morgan fingerprint density at radius 1 is 0.517 bits per heavy atom. The Bertz CT molecular complexity index is 926. The van der Waals surface area contributed by atoms with Crippen LogP contribution in [0.25, 0.3) is 0 Å². The molecule has 10 heteroatoms. The predicted octanol–water partition coefficient (Wildman–Crippen LogP) is 8.99. The van der Waals surface area contributed by atoms with Gasteiger partial charge in [0.05, 0.1) is 30.1 Å². The molecule has 0 aliphatic heterocycles. The summed E-state index contributed by atoms with van der Waals surface area (Å²) in [5.41, 5.74) is 0. The largest absolute Gasteiger partial charge is 0.145 e. The second-order valence-electron chi connectivity index (χ2n) is 6.39. The molecule has 0 saturated carbocycles. The van der Waals surface area contributed by atoms with Gasteiger partial charge in [0.15, 0.2) is 0 Å². The average Bonchev–Trinajstić information content (AvgIpc) is 2.66. The molecule has 0 nitrogen and oxygen atoms in total. The van der Waals surface area contributed by atoms with E-state index >= 15 is 0 Å². The van der Waals surface area contributed by atoms with Crippen molar-refractivity contribution >= 4 is 141 Å². The summed E-state index contributed by atoms with van der Waals surface area (Å²) in [7, 11) is -2.65. The topological polar surface area (TPSA) is 0 Å². The summed E-state index contributed by atoms with van der Waals surface area (Å²) >= 11 is 48.6. The lowest BCUT2D eigenvalue weighted by molar-refractivity contribution is 1.61. The Labute approximate surface area is 225 Å². The first-order valence-electron chi connectivity index (χ1n) is 7.91. The summed E-state index contributed by atoms with van der Waals surface area (Å²) in [6, 6.07) is 11.6. The highest BCUT2D eigenvalue weighted by molar-refractivity contribution is 9.11. The maximum Gasteiger partial charge on any atom is 0.145 e. The van der Waals surface area contributed by atoms with Crippen molar-refractivity contribution in [1.29, 1.82) is 0 Å². The normalized spacial score (nSPS) is 11.8. The molecule has 0 radical (unpaired) electrons. The highest BCUT2D eigenvalue weighted by atomic mass is 79.9. The maximum absolute atomic E-state index is 6.42. The van der Waals surface area contributed by atoms with Gasteiger partial charge in [-0.3, -0.25) is 0 Å². The first-order chi connectivity index (χ1) is 13.5. The smallest absolute Gasteiger partial charge is 0.0827 e. The van der Waals surface area contributed by atoms with Crippen molar-refractivity contribution < 1.29 is 0 Å². The monoisotopic (exact) mass is 712 g/mol. The minimum absolute atomic E-state index is 0.452. The first kappa shape index (κ1) is 24.7. The number of hydrogen-bond donors (Lipinski definition) is 0. The van der Waals surface area contributed by atoms with E-state index in [1.807, 2.05) is 36.4 Å². The van der Waals surface area contributed by atoms with Gasteiger partial charge in [0.25, 0.3) is 0 Å². The van der Waals surface area contributed by atoms with Crippen LogP contribution in [0.3, 0.4) is 0 Å². The standard InChI is InChI=1S/C19H9Br3Cl6Si/c1-29(8-2-11(20)17(26)14(23)5-8,9-3-12(21)18(27)15(24)6-9)10-4-13(22)19(28)16(25)7-10/h2-7H,1H3. The molecular formula is C19H9Br3Cl6Si. The number of rotatable bonds is 3. The number of hydrogen-bond acceptors (Lipinski definition) is 0. The molecule has 0 aliphatic carbocycles. The molecule has 3 aromatic rings. The molecule has 0 aliphatic rings. The van der Waals surface area contributed by atoms with Gasteiger partial charge < -0.3 is 0 Å². The third-order valence-electron chi connectivity index (χ3n) is 4.68. The van der Waals surface area contributed by atoms with Gasteiger partial charge in [-0.2, -0.15) is 0 Å². The van der Waals surface area contributed by atoms with Gasteiger partial charge in [0.1, 0.15) is 8.07 Å². The molecule has 3 aromatic carbocycles. The van der Waals surface area contributed by atoms with E-state index in [-0.39, 0.29) is 0 Å². The summed E-state index contributed by atoms with van der Waals surface area (Å²) in [5.74, 6) is 0. The molecule has 0 bridgehead atoms. The van der Waals surface area contributed by atoms with Crippen molar-refractivity contribution in [3.8, 4) is 0 Å². The second-order valence-corrected chi connectivity index (χ2v) is 15.3. The number of benzene rings is 3. The molecule has 152 valence electrons. The zero-order valence-electron chi connectivity index (χ0n) is 14.4. The lowest BCUT2D eigenvalue weighted by atomic mass is 10.3. The Balaban J connectivity index is 2.42. The van der Waals surface area contributed by atoms with E-state index in [2.05, 4.69) is 54.3 Å². The Kier molecular flexibility index (Phi) is 8.09. The molecule has 0 fully saturated rings. The van der Waals surface area contributed by atoms with Gasteiger partial charge in [-0.25, -0.2) is 0 Å². The van der Waals surface area contributed by atoms with E-state index in [9.17, 15) is 0 Å². The van der Waals surface area contributed by atoms with Crippen LogP contribution >= 0.6 is 117 Å². The molecule has 0 aromatic heterocycles. The van der Waals surface area contributed by atoms with Crippen molar-refractivity contribution in [3.05, 3.63) is 80.0 Å². The average molecular weight is 718 g/mol. The third kappa shape index (κ3) is 4.73. The molecule has 0 spiro atoms. The van der Waals surface area contributed by atoms with Crippen LogP contribution < -0.4 is 15.6 Å². The molecule has 0 atom stereocenters. The Morgan fingerprint density at radius 2 is 0.759 bits per heavy atom. The maximum atomic E-state index is 6.42. The van der Waals surface area contributed by atoms with Crippen LogP contribution in [0.5, 0.6) is 0 Å². The second kappa shape index (κ2) is 9.50. The molecule has 3 rings (SSSR count). The van der Waals surface area contributed by atoms with Crippen molar-refractivity contribution in [2.24, 2.45) is 0 Å². The fourth-order valence-corrected chi connectivity index (χ4v) is 10.2. The van der Waals surface area contributed by atoms with Crippen molar-refractivity contribution in [2.75, 3.05) is 0 Å². The Hall–Kier alpha value is 1.06. The summed E-state index contributed by atoms with van der Waals surface area (Å²) < 4.78 is 2.12. The molecule has 0 N–H and O–H groups in total. The van der Waals surface area contributed by atoms with Gasteiger partial charge >= 0.3 is 0 Å². The summed E-state index contributed by atoms with van der Waals surface area (Å²) in [4.78, 5) is 0. The van der Waals surface area contributed by atoms with E-state index in [0.29, 0.717) is 43.6 Å². The quantitative estimate of drug-likeness (QED) is 0.144. The zero-order valence-corrected chi connectivity index (χ0v) is 24.7. The SMILES string of the molecule is C[Si](c1cc(Cl)c(Cl)c(Br)c1)(c1cc(Cl)c(Cl)c(Br)c1)c1cc(Cl)c(Cl)c(Br)c1. The minimum Gasteiger partial charge on any atom is -0.0827 e. The highest BCUT2D eigenvalue weighted by Crippen LogP contribution is 2.34. The fourth-order valence-electron chi connectivity index (χ4n) is 3.03. The third-order valence-corrected chi connectivity index (χ3v) is 14.0. The van der Waals surface area contributed by atoms with Crippen molar-refractivity contribution in [3.63, 3.8) is 0 Å². The Morgan fingerprint density at radius 3 is 0.966 bits per heavy atom. The van der Waals surface area contributed by atoms with Crippen molar-refractivity contribution in [1.82, 2.24) is 0 Å². The summed E-state index contributed by atoms with van der Waals surface area (Å²) in [5, 5.41) is 5.75. The van der Waals surface area contributed by atoms with E-state index in [1.54, 1.807) is 0 Å². The highest BCUT2D eigenvalue weighted by Gasteiger charge is 2.37. The van der Waals surface area contributed by atoms with Crippen LogP contribution in [0, 0.1) is 0 Å². The molecule has 29 heavy (non-hydrogen) atoms. The van der Waals surface area contributed by atoms with Gasteiger partial charge in [0.2, 0.25) is 0 Å². The molecule has 0 saturated heterocycles. The van der Waals surface area contributed by atoms with Crippen LogP contribution in [-0.4, -0.2) is 8.07 Å². The van der Waals surface area contributed by atoms with Gasteiger partial charge in [-0.15, -0.1) is 0 Å². The molecular weight excluding hydrogens is 709 g/mol. The van der Waals surface area contributed by atoms with Gasteiger partial charge in [-0.05, 0) is 99.7 Å². The minimum atomic E-state index is -2.65. The van der Waals surface area contributed by atoms with E-state index < -0.39 is 8.07 Å². The van der Waals surface area contributed by atoms with Gasteiger partial charge in [-0.1, -0.05) is 76.2 Å². The zero-order chi connectivity index (χ0) is 21.7. The van der Waals surface area contributed by atoms with E-state index in [0.717, 1.165) is 15.6 Å². The fraction of sp³-hybridized carbons (Fsp3) is 0.0526. The van der Waals surface area contributed by atoms with E-state index in [1.165, 1.54) is 0 Å². The lowest BCUT2D eigenvalue weighted by Crippen LogP contribution is -2.65. The van der Waals surface area contributed by atoms with Crippen LogP contribution in [0.1, 0.15) is 0 Å². The van der Waals surface area contributed by atoms with Crippen molar-refractivity contribution in [2.45, 2.75) is 6.55 Å². The van der Waals surface area contributed by atoms with Crippen LogP contribution in [-0.2, 0) is 0 Å². The van der Waals surface area contributed by atoms with Crippen LogP contribution in [0.4, 0.5) is 0 Å². The predicted molar refractivity (Wildman–Crippen MR) is 143 cm³/mol. The first-order valence-corrected chi connectivity index (χ1v) is 15.1. The molecule has 0 heterocycles. The van der Waals surface area contributed by atoms with Crippen LogP contribution in [0.2, 0.25) is 36.7 Å². The van der Waals surface area contributed by atoms with Crippen LogP contribution in [0.15, 0.2) is 49.8 Å².